The molecule has 0 aliphatic carbocycles. The van der Waals surface area contributed by atoms with Crippen molar-refractivity contribution in [3.05, 3.63) is 11.9 Å². The van der Waals surface area contributed by atoms with E-state index in [1.165, 1.54) is 5.56 Å². The zero-order valence-electron chi connectivity index (χ0n) is 13.4. The second kappa shape index (κ2) is 9.53. The van der Waals surface area contributed by atoms with Crippen molar-refractivity contribution in [2.24, 2.45) is 0 Å². The van der Waals surface area contributed by atoms with Crippen LogP contribution in [-0.4, -0.2) is 47.6 Å². The summed E-state index contributed by atoms with van der Waals surface area (Å²) in [5.74, 6) is 1.93. The van der Waals surface area contributed by atoms with E-state index in [9.17, 15) is 0 Å². The quantitative estimate of drug-likeness (QED) is 0.689. The van der Waals surface area contributed by atoms with Gasteiger partial charge >= 0.3 is 0 Å². The smallest absolute Gasteiger partial charge is 0.134 e. The van der Waals surface area contributed by atoms with Crippen LogP contribution >= 0.6 is 0 Å². The van der Waals surface area contributed by atoms with Crippen molar-refractivity contribution in [3.63, 3.8) is 0 Å². The van der Waals surface area contributed by atoms with Gasteiger partial charge in [-0.05, 0) is 25.9 Å². The Kier molecular flexibility index (Phi) is 7.95. The summed E-state index contributed by atoms with van der Waals surface area (Å²) >= 11 is 0. The lowest BCUT2D eigenvalue weighted by Crippen LogP contribution is -2.29. The Hall–Kier alpha value is -1.36. The van der Waals surface area contributed by atoms with Gasteiger partial charge in [-0.25, -0.2) is 9.97 Å². The summed E-state index contributed by atoms with van der Waals surface area (Å²) < 4.78 is 0. The second-order valence-corrected chi connectivity index (χ2v) is 4.78. The van der Waals surface area contributed by atoms with Crippen LogP contribution in [0.5, 0.6) is 0 Å². The van der Waals surface area contributed by atoms with Gasteiger partial charge < -0.3 is 15.5 Å². The van der Waals surface area contributed by atoms with E-state index < -0.39 is 0 Å². The summed E-state index contributed by atoms with van der Waals surface area (Å²) in [7, 11) is 0. The molecule has 0 aromatic carbocycles. The van der Waals surface area contributed by atoms with Gasteiger partial charge in [0.2, 0.25) is 0 Å². The van der Waals surface area contributed by atoms with Crippen LogP contribution in [0.1, 0.15) is 39.7 Å². The van der Waals surface area contributed by atoms with Gasteiger partial charge in [0.1, 0.15) is 18.0 Å². The molecule has 1 heterocycles. The molecular weight excluding hydrogens is 250 g/mol. The largest absolute Gasteiger partial charge is 0.370 e. The molecule has 114 valence electrons. The summed E-state index contributed by atoms with van der Waals surface area (Å²) in [4.78, 5) is 11.1. The maximum atomic E-state index is 4.39. The van der Waals surface area contributed by atoms with E-state index in [1.54, 1.807) is 6.33 Å². The summed E-state index contributed by atoms with van der Waals surface area (Å²) in [5.41, 5.74) is 1.18. The van der Waals surface area contributed by atoms with E-state index in [1.807, 2.05) is 0 Å². The van der Waals surface area contributed by atoms with Gasteiger partial charge in [0.05, 0.1) is 0 Å². The van der Waals surface area contributed by atoms with Crippen LogP contribution < -0.4 is 10.6 Å². The molecule has 20 heavy (non-hydrogen) atoms. The molecule has 0 amide bonds. The highest BCUT2D eigenvalue weighted by molar-refractivity contribution is 5.57. The van der Waals surface area contributed by atoms with Crippen molar-refractivity contribution in [3.8, 4) is 0 Å². The summed E-state index contributed by atoms with van der Waals surface area (Å²) in [6, 6.07) is 0. The Morgan fingerprint density at radius 1 is 0.950 bits per heavy atom. The third kappa shape index (κ3) is 4.96. The zero-order valence-corrected chi connectivity index (χ0v) is 13.4. The molecule has 0 saturated heterocycles. The van der Waals surface area contributed by atoms with Crippen LogP contribution in [0, 0.1) is 0 Å². The van der Waals surface area contributed by atoms with Crippen molar-refractivity contribution in [1.29, 1.82) is 0 Å². The maximum Gasteiger partial charge on any atom is 0.134 e. The van der Waals surface area contributed by atoms with Crippen LogP contribution in [0.25, 0.3) is 0 Å². The Bertz CT molecular complexity index is 377. The number of anilines is 2. The lowest BCUT2D eigenvalue weighted by atomic mass is 10.2. The minimum absolute atomic E-state index is 0.916. The van der Waals surface area contributed by atoms with Crippen molar-refractivity contribution in [1.82, 2.24) is 14.9 Å². The molecule has 0 fully saturated rings. The number of likely N-dealkylation sites (N-methyl/N-ethyl adjacent to an activating group) is 1. The molecule has 5 heteroatoms. The highest BCUT2D eigenvalue weighted by Gasteiger charge is 2.09. The van der Waals surface area contributed by atoms with E-state index >= 15 is 0 Å². The summed E-state index contributed by atoms with van der Waals surface area (Å²) in [6.07, 6.45) is 3.66. The molecule has 1 rings (SSSR count). The Morgan fingerprint density at radius 2 is 1.55 bits per heavy atom. The minimum Gasteiger partial charge on any atom is -0.370 e. The van der Waals surface area contributed by atoms with Gasteiger partial charge in [0.15, 0.2) is 0 Å². The van der Waals surface area contributed by atoms with E-state index in [-0.39, 0.29) is 0 Å². The molecular formula is C15H29N5. The second-order valence-electron chi connectivity index (χ2n) is 4.78. The van der Waals surface area contributed by atoms with E-state index in [4.69, 9.17) is 0 Å². The monoisotopic (exact) mass is 279 g/mol. The number of aromatic nitrogens is 2. The molecule has 0 saturated carbocycles. The van der Waals surface area contributed by atoms with Gasteiger partial charge in [-0.1, -0.05) is 27.7 Å². The topological polar surface area (TPSA) is 53.1 Å². The van der Waals surface area contributed by atoms with Crippen LogP contribution in [0.2, 0.25) is 0 Å². The third-order valence-corrected chi connectivity index (χ3v) is 3.46. The van der Waals surface area contributed by atoms with Crippen molar-refractivity contribution in [2.45, 2.75) is 40.5 Å². The predicted octanol–water partition coefficient (Wildman–Crippen LogP) is 2.61. The van der Waals surface area contributed by atoms with Gasteiger partial charge in [0, 0.05) is 25.2 Å². The first-order chi connectivity index (χ1) is 9.76. The molecule has 1 aromatic heterocycles. The minimum atomic E-state index is 0.916. The normalized spacial score (nSPS) is 10.8. The number of rotatable bonds is 10. The third-order valence-electron chi connectivity index (χ3n) is 3.46. The number of nitrogens with zero attached hydrogens (tertiary/aromatic N) is 3. The van der Waals surface area contributed by atoms with Crippen LogP contribution in [0.15, 0.2) is 6.33 Å². The lowest BCUT2D eigenvalue weighted by molar-refractivity contribution is 0.316. The van der Waals surface area contributed by atoms with Crippen LogP contribution in [0.3, 0.4) is 0 Å². The van der Waals surface area contributed by atoms with Gasteiger partial charge in [-0.3, -0.25) is 0 Å². The van der Waals surface area contributed by atoms with E-state index in [0.29, 0.717) is 0 Å². The van der Waals surface area contributed by atoms with Crippen molar-refractivity contribution in [2.75, 3.05) is 43.4 Å². The lowest BCUT2D eigenvalue weighted by Gasteiger charge is -2.19. The van der Waals surface area contributed by atoms with Crippen LogP contribution in [-0.2, 0) is 6.42 Å². The summed E-state index contributed by atoms with van der Waals surface area (Å²) in [5, 5.41) is 6.82. The first-order valence-corrected chi connectivity index (χ1v) is 7.80. The molecule has 5 nitrogen and oxygen atoms in total. The number of nitrogens with one attached hydrogen (secondary N) is 2. The van der Waals surface area contributed by atoms with Gasteiger partial charge in [-0.2, -0.15) is 0 Å². The maximum absolute atomic E-state index is 4.39. The van der Waals surface area contributed by atoms with Gasteiger partial charge in [-0.15, -0.1) is 0 Å². The van der Waals surface area contributed by atoms with Crippen molar-refractivity contribution < 1.29 is 0 Å². The Balaban J connectivity index is 2.64. The Labute approximate surface area is 123 Å². The molecule has 0 bridgehead atoms. The Morgan fingerprint density at radius 3 is 2.05 bits per heavy atom. The number of hydrogen-bond donors (Lipinski definition) is 2. The average Bonchev–Trinajstić information content (AvgIpc) is 2.49. The standard InChI is InChI=1S/C15H29N5/c1-5-9-16-14-13(6-2)15(19-12-18-14)17-10-11-20(7-3)8-4/h12H,5-11H2,1-4H3,(H2,16,17,18,19). The highest BCUT2D eigenvalue weighted by atomic mass is 15.1. The zero-order chi connectivity index (χ0) is 14.8. The summed E-state index contributed by atoms with van der Waals surface area (Å²) in [6.45, 7) is 13.8. The van der Waals surface area contributed by atoms with E-state index in [2.05, 4.69) is 53.2 Å². The first-order valence-electron chi connectivity index (χ1n) is 7.80. The number of hydrogen-bond acceptors (Lipinski definition) is 5. The van der Waals surface area contributed by atoms with E-state index in [0.717, 1.165) is 57.2 Å². The van der Waals surface area contributed by atoms with Gasteiger partial charge in [0.25, 0.3) is 0 Å². The van der Waals surface area contributed by atoms with Crippen molar-refractivity contribution >= 4 is 11.6 Å². The first kappa shape index (κ1) is 16.7. The fourth-order valence-electron chi connectivity index (χ4n) is 2.17. The molecule has 2 N–H and O–H groups in total. The van der Waals surface area contributed by atoms with Crippen LogP contribution in [0.4, 0.5) is 11.6 Å². The molecule has 0 aliphatic rings. The molecule has 0 unspecified atom stereocenters. The fourth-order valence-corrected chi connectivity index (χ4v) is 2.17. The molecule has 0 atom stereocenters. The highest BCUT2D eigenvalue weighted by Crippen LogP contribution is 2.20. The fraction of sp³-hybridized carbons (Fsp3) is 0.733. The average molecular weight is 279 g/mol. The predicted molar refractivity (Wildman–Crippen MR) is 86.5 cm³/mol. The molecule has 1 aromatic rings. The molecule has 0 radical (unpaired) electrons. The molecule has 0 aliphatic heterocycles. The molecule has 0 spiro atoms. The SMILES string of the molecule is CCCNc1ncnc(NCCN(CC)CC)c1CC.